The molecule has 0 bridgehead atoms. The molecule has 0 aliphatic rings. The summed E-state index contributed by atoms with van der Waals surface area (Å²) in [6, 6.07) is 9.58. The second-order valence-electron chi connectivity index (χ2n) is 4.48. The van der Waals surface area contributed by atoms with Crippen molar-refractivity contribution in [1.29, 1.82) is 0 Å². The molecule has 0 atom stereocenters. The van der Waals surface area contributed by atoms with Crippen LogP contribution in [0, 0.1) is 0 Å². The minimum atomic E-state index is -0.108. The molecule has 0 saturated carbocycles. The van der Waals surface area contributed by atoms with E-state index in [1.807, 2.05) is 30.3 Å². The Morgan fingerprint density at radius 1 is 1.33 bits per heavy atom. The zero-order valence-electron chi connectivity index (χ0n) is 11.7. The molecule has 1 aromatic carbocycles. The molecule has 0 unspecified atom stereocenters. The highest BCUT2D eigenvalue weighted by atomic mass is 16.5. The highest BCUT2D eigenvalue weighted by Gasteiger charge is 2.04. The van der Waals surface area contributed by atoms with Crippen molar-refractivity contribution in [2.24, 2.45) is 5.73 Å². The van der Waals surface area contributed by atoms with Crippen molar-refractivity contribution in [2.45, 2.75) is 19.5 Å². The summed E-state index contributed by atoms with van der Waals surface area (Å²) in [4.78, 5) is 11.7. The number of ether oxygens (including phenoxy) is 1. The van der Waals surface area contributed by atoms with E-state index in [1.165, 1.54) is 4.68 Å². The van der Waals surface area contributed by atoms with Gasteiger partial charge < -0.3 is 15.8 Å². The molecule has 7 nitrogen and oxygen atoms in total. The van der Waals surface area contributed by atoms with Crippen LogP contribution in [0.15, 0.2) is 36.5 Å². The molecule has 0 aliphatic carbocycles. The third kappa shape index (κ3) is 5.23. The summed E-state index contributed by atoms with van der Waals surface area (Å²) >= 11 is 0. The molecule has 112 valence electrons. The van der Waals surface area contributed by atoms with Crippen LogP contribution in [0.3, 0.4) is 0 Å². The van der Waals surface area contributed by atoms with Crippen LogP contribution < -0.4 is 15.8 Å². The summed E-state index contributed by atoms with van der Waals surface area (Å²) < 4.78 is 7.00. The lowest BCUT2D eigenvalue weighted by Crippen LogP contribution is -2.29. The fraction of sp³-hybridized carbons (Fsp3) is 0.357. The van der Waals surface area contributed by atoms with Crippen molar-refractivity contribution in [1.82, 2.24) is 20.3 Å². The summed E-state index contributed by atoms with van der Waals surface area (Å²) in [6.07, 6.45) is 2.41. The number of nitrogens with zero attached hydrogens (tertiary/aromatic N) is 3. The van der Waals surface area contributed by atoms with E-state index in [4.69, 9.17) is 10.5 Å². The van der Waals surface area contributed by atoms with Gasteiger partial charge in [0.05, 0.1) is 18.5 Å². The Morgan fingerprint density at radius 2 is 2.14 bits per heavy atom. The van der Waals surface area contributed by atoms with Gasteiger partial charge in [0, 0.05) is 13.1 Å². The lowest BCUT2D eigenvalue weighted by molar-refractivity contribution is -0.121. The van der Waals surface area contributed by atoms with Crippen molar-refractivity contribution < 1.29 is 9.53 Å². The minimum Gasteiger partial charge on any atom is -0.494 e. The van der Waals surface area contributed by atoms with E-state index in [1.54, 1.807) is 6.20 Å². The Morgan fingerprint density at radius 3 is 2.86 bits per heavy atom. The number of para-hydroxylation sites is 1. The van der Waals surface area contributed by atoms with E-state index in [0.717, 1.165) is 12.2 Å². The molecule has 0 saturated heterocycles. The van der Waals surface area contributed by atoms with Gasteiger partial charge in [-0.05, 0) is 18.6 Å². The quantitative estimate of drug-likeness (QED) is 0.683. The SMILES string of the molecule is NCc1cn(CC(=O)NCCCOc2ccccc2)nn1. The number of amides is 1. The first kappa shape index (κ1) is 15.0. The molecule has 2 rings (SSSR count). The Bertz CT molecular complexity index is 556. The van der Waals surface area contributed by atoms with E-state index < -0.39 is 0 Å². The minimum absolute atomic E-state index is 0.108. The zero-order valence-corrected chi connectivity index (χ0v) is 11.7. The van der Waals surface area contributed by atoms with E-state index in [9.17, 15) is 4.79 Å². The van der Waals surface area contributed by atoms with Gasteiger partial charge in [0.1, 0.15) is 12.3 Å². The van der Waals surface area contributed by atoms with Crippen LogP contribution in [0.25, 0.3) is 0 Å². The molecular formula is C14H19N5O2. The summed E-state index contributed by atoms with van der Waals surface area (Å²) in [5.41, 5.74) is 6.09. The number of nitrogens with two attached hydrogens (primary N) is 1. The number of nitrogens with one attached hydrogen (secondary N) is 1. The number of carbonyl (C=O) groups is 1. The average molecular weight is 289 g/mol. The summed E-state index contributed by atoms with van der Waals surface area (Å²) in [5.74, 6) is 0.726. The topological polar surface area (TPSA) is 95.1 Å². The number of rotatable bonds is 8. The van der Waals surface area contributed by atoms with Crippen LogP contribution in [0.4, 0.5) is 0 Å². The lowest BCUT2D eigenvalue weighted by Gasteiger charge is -2.07. The van der Waals surface area contributed by atoms with Crippen LogP contribution in [-0.4, -0.2) is 34.1 Å². The largest absolute Gasteiger partial charge is 0.494 e. The van der Waals surface area contributed by atoms with Gasteiger partial charge in [0.2, 0.25) is 5.91 Å². The molecule has 2 aromatic rings. The number of benzene rings is 1. The Hall–Kier alpha value is -2.41. The second-order valence-corrected chi connectivity index (χ2v) is 4.48. The molecule has 1 amide bonds. The van der Waals surface area contributed by atoms with E-state index >= 15 is 0 Å². The summed E-state index contributed by atoms with van der Waals surface area (Å²) in [5, 5.41) is 10.4. The zero-order chi connectivity index (χ0) is 14.9. The molecule has 7 heteroatoms. The fourth-order valence-corrected chi connectivity index (χ4v) is 1.72. The Kier molecular flexibility index (Phi) is 5.71. The molecule has 0 aliphatic heterocycles. The standard InChI is InChI=1S/C14H19N5O2/c15-9-12-10-19(18-17-12)11-14(20)16-7-4-8-21-13-5-2-1-3-6-13/h1-3,5-6,10H,4,7-9,11,15H2,(H,16,20). The number of carbonyl (C=O) groups excluding carboxylic acids is 1. The summed E-state index contributed by atoms with van der Waals surface area (Å²) in [7, 11) is 0. The Labute approximate surface area is 123 Å². The van der Waals surface area contributed by atoms with E-state index in [-0.39, 0.29) is 12.5 Å². The molecule has 1 heterocycles. The van der Waals surface area contributed by atoms with Gasteiger partial charge in [-0.2, -0.15) is 0 Å². The van der Waals surface area contributed by atoms with E-state index in [2.05, 4.69) is 15.6 Å². The molecule has 0 radical (unpaired) electrons. The molecule has 21 heavy (non-hydrogen) atoms. The highest BCUT2D eigenvalue weighted by Crippen LogP contribution is 2.07. The highest BCUT2D eigenvalue weighted by molar-refractivity contribution is 5.75. The maximum absolute atomic E-state index is 11.7. The van der Waals surface area contributed by atoms with E-state index in [0.29, 0.717) is 25.4 Å². The Balaban J connectivity index is 1.59. The third-order valence-electron chi connectivity index (χ3n) is 2.76. The van der Waals surface area contributed by atoms with Gasteiger partial charge in [0.15, 0.2) is 0 Å². The number of hydrogen-bond donors (Lipinski definition) is 2. The van der Waals surface area contributed by atoms with Crippen molar-refractivity contribution in [3.8, 4) is 5.75 Å². The second kappa shape index (κ2) is 8.01. The monoisotopic (exact) mass is 289 g/mol. The van der Waals surface area contributed by atoms with Crippen LogP contribution >= 0.6 is 0 Å². The predicted molar refractivity (Wildman–Crippen MR) is 77.5 cm³/mol. The first-order valence-corrected chi connectivity index (χ1v) is 6.81. The average Bonchev–Trinajstić information content (AvgIpc) is 2.95. The predicted octanol–water partition coefficient (Wildman–Crippen LogP) is 0.322. The molecule has 3 N–H and O–H groups in total. The maximum Gasteiger partial charge on any atom is 0.241 e. The fourth-order valence-electron chi connectivity index (χ4n) is 1.72. The van der Waals surface area contributed by atoms with Crippen LogP contribution in [0.1, 0.15) is 12.1 Å². The van der Waals surface area contributed by atoms with Gasteiger partial charge in [-0.3, -0.25) is 4.79 Å². The van der Waals surface area contributed by atoms with Gasteiger partial charge in [-0.1, -0.05) is 23.4 Å². The maximum atomic E-state index is 11.7. The molecular weight excluding hydrogens is 270 g/mol. The van der Waals surface area contributed by atoms with Gasteiger partial charge in [-0.15, -0.1) is 5.10 Å². The van der Waals surface area contributed by atoms with Crippen molar-refractivity contribution in [3.05, 3.63) is 42.2 Å². The van der Waals surface area contributed by atoms with Gasteiger partial charge in [0.25, 0.3) is 0 Å². The van der Waals surface area contributed by atoms with Crippen molar-refractivity contribution >= 4 is 5.91 Å². The smallest absolute Gasteiger partial charge is 0.241 e. The molecule has 0 spiro atoms. The van der Waals surface area contributed by atoms with Crippen molar-refractivity contribution in [2.75, 3.05) is 13.2 Å². The molecule has 0 fully saturated rings. The first-order chi connectivity index (χ1) is 10.3. The summed E-state index contributed by atoms with van der Waals surface area (Å²) in [6.45, 7) is 1.58. The van der Waals surface area contributed by atoms with Crippen molar-refractivity contribution in [3.63, 3.8) is 0 Å². The number of aromatic nitrogens is 3. The lowest BCUT2D eigenvalue weighted by atomic mass is 10.3. The van der Waals surface area contributed by atoms with Gasteiger partial charge in [-0.25, -0.2) is 4.68 Å². The third-order valence-corrected chi connectivity index (χ3v) is 2.76. The first-order valence-electron chi connectivity index (χ1n) is 6.81. The van der Waals surface area contributed by atoms with Gasteiger partial charge >= 0.3 is 0 Å². The van der Waals surface area contributed by atoms with Crippen LogP contribution in [0.2, 0.25) is 0 Å². The number of hydrogen-bond acceptors (Lipinski definition) is 5. The van der Waals surface area contributed by atoms with Crippen LogP contribution in [0.5, 0.6) is 5.75 Å². The normalized spacial score (nSPS) is 10.3. The van der Waals surface area contributed by atoms with Crippen LogP contribution in [-0.2, 0) is 17.9 Å². The molecule has 1 aromatic heterocycles.